The lowest BCUT2D eigenvalue weighted by atomic mass is 9.90. The Morgan fingerprint density at radius 3 is 2.06 bits per heavy atom. The fourth-order valence-corrected chi connectivity index (χ4v) is 5.80. The zero-order valence-electron chi connectivity index (χ0n) is 16.0. The van der Waals surface area contributed by atoms with Crippen LogP contribution < -0.4 is 5.73 Å². The maximum atomic E-state index is 12.5. The average Bonchev–Trinajstić information content (AvgIpc) is 3.20. The first-order chi connectivity index (χ1) is 14.0. The first-order valence-electron chi connectivity index (χ1n) is 8.45. The molecule has 5 unspecified atom stereocenters. The maximum absolute atomic E-state index is 12.5. The number of esters is 1. The second-order valence-corrected chi connectivity index (χ2v) is 9.18. The molecule has 0 aliphatic carbocycles. The zero-order chi connectivity index (χ0) is 24.4. The van der Waals surface area contributed by atoms with E-state index in [1.807, 2.05) is 0 Å². The Kier molecular flexibility index (Phi) is 8.58. The minimum atomic E-state index is -4.58. The predicted molar refractivity (Wildman–Crippen MR) is 98.8 cm³/mol. The largest absolute Gasteiger partial charge is 0.480 e. The van der Waals surface area contributed by atoms with Gasteiger partial charge in [-0.3, -0.25) is 4.79 Å². The van der Waals surface area contributed by atoms with Gasteiger partial charge in [0.1, 0.15) is 12.0 Å². The molecule has 180 valence electrons. The highest BCUT2D eigenvalue weighted by Gasteiger charge is 2.61. The summed E-state index contributed by atoms with van der Waals surface area (Å²) in [6.45, 7) is 1.45. The van der Waals surface area contributed by atoms with Crippen LogP contribution in [0.2, 0.25) is 0 Å². The van der Waals surface area contributed by atoms with Crippen molar-refractivity contribution in [3.05, 3.63) is 0 Å². The molecule has 0 saturated carbocycles. The van der Waals surface area contributed by atoms with Gasteiger partial charge >= 0.3 is 24.3 Å². The number of alkyl halides is 6. The van der Waals surface area contributed by atoms with Crippen LogP contribution in [0, 0.1) is 11.8 Å². The first-order valence-corrected chi connectivity index (χ1v) is 10.4. The van der Waals surface area contributed by atoms with E-state index in [4.69, 9.17) is 16.0 Å². The van der Waals surface area contributed by atoms with Crippen LogP contribution in [0.1, 0.15) is 13.3 Å². The topological polar surface area (TPSA) is 142 Å². The van der Waals surface area contributed by atoms with Crippen molar-refractivity contribution in [2.45, 2.75) is 41.4 Å². The smallest absolute Gasteiger partial charge is 0.397 e. The van der Waals surface area contributed by atoms with Crippen LogP contribution in [0.4, 0.5) is 26.3 Å². The van der Waals surface area contributed by atoms with Crippen molar-refractivity contribution in [1.29, 1.82) is 0 Å². The molecule has 5 N–H and O–H groups in total. The summed E-state index contributed by atoms with van der Waals surface area (Å²) >= 11 is 1.21. The van der Waals surface area contributed by atoms with Crippen LogP contribution in [-0.2, 0) is 14.3 Å². The van der Waals surface area contributed by atoms with Crippen molar-refractivity contribution in [1.82, 2.24) is 0 Å². The number of nitrogens with zero attached hydrogens (tertiary/aromatic N) is 1. The van der Waals surface area contributed by atoms with Crippen molar-refractivity contribution < 1.29 is 56.1 Å². The van der Waals surface area contributed by atoms with Crippen LogP contribution in [0.25, 0.3) is 0 Å². The third kappa shape index (κ3) is 5.34. The SMILES string of the molecule is CCC1(C(=O)O)SCC(C(F)(F)F)C1=NO.COC(=O)C1(N)SCC(C(F)(F)F)C1O. The third-order valence-electron chi connectivity index (χ3n) is 4.83. The van der Waals surface area contributed by atoms with Crippen LogP contribution in [0.5, 0.6) is 0 Å². The van der Waals surface area contributed by atoms with Crippen LogP contribution in [0.3, 0.4) is 0 Å². The lowest BCUT2D eigenvalue weighted by Gasteiger charge is -2.26. The number of hydrogen-bond acceptors (Lipinski definition) is 9. The van der Waals surface area contributed by atoms with Gasteiger partial charge in [-0.05, 0) is 6.42 Å². The summed E-state index contributed by atoms with van der Waals surface area (Å²) in [6, 6.07) is 0. The molecule has 0 spiro atoms. The van der Waals surface area contributed by atoms with Crippen LogP contribution in [-0.4, -0.2) is 79.8 Å². The molecule has 0 bridgehead atoms. The Balaban J connectivity index is 0.000000311. The summed E-state index contributed by atoms with van der Waals surface area (Å²) < 4.78 is 77.2. The number of halogens is 6. The molecule has 2 heterocycles. The van der Waals surface area contributed by atoms with Gasteiger partial charge in [0.05, 0.1) is 18.7 Å². The maximum Gasteiger partial charge on any atom is 0.397 e. The number of methoxy groups -OCH3 is 1. The van der Waals surface area contributed by atoms with Crippen molar-refractivity contribution in [2.24, 2.45) is 22.7 Å². The van der Waals surface area contributed by atoms with E-state index in [1.54, 1.807) is 0 Å². The normalized spacial score (nSPS) is 34.9. The van der Waals surface area contributed by atoms with Crippen molar-refractivity contribution in [3.63, 3.8) is 0 Å². The minimum absolute atomic E-state index is 0.0566. The van der Waals surface area contributed by atoms with Gasteiger partial charge in [-0.15, -0.1) is 23.5 Å². The number of thioether (sulfide) groups is 2. The fourth-order valence-electron chi connectivity index (χ4n) is 2.98. The van der Waals surface area contributed by atoms with Gasteiger partial charge in [-0.25, -0.2) is 4.79 Å². The first kappa shape index (κ1) is 27.6. The number of nitrogens with two attached hydrogens (primary N) is 1. The number of carbonyl (C=O) groups excluding carboxylic acids is 1. The second-order valence-electron chi connectivity index (χ2n) is 6.56. The standard InChI is InChI=1S/C8H10F3NO3S.C7H10F3NO3S/c1-2-7(6(13)14)5(12-15)4(3-16-7)8(9,10)11;1-14-5(13)6(11)4(12)3(2-15-6)7(8,9)10/h4,15H,2-3H2,1H3,(H,13,14);3-4,12H,2,11H2,1H3. The summed E-state index contributed by atoms with van der Waals surface area (Å²) in [4.78, 5) is 20.1. The van der Waals surface area contributed by atoms with E-state index in [-0.39, 0.29) is 6.42 Å². The highest BCUT2D eigenvalue weighted by Crippen LogP contribution is 2.48. The number of aliphatic hydroxyl groups is 1. The summed E-state index contributed by atoms with van der Waals surface area (Å²) in [5.74, 6) is -7.31. The lowest BCUT2D eigenvalue weighted by molar-refractivity contribution is -0.195. The van der Waals surface area contributed by atoms with Gasteiger partial charge in [0.2, 0.25) is 0 Å². The number of ether oxygens (including phenoxy) is 1. The van der Waals surface area contributed by atoms with Gasteiger partial charge in [-0.2, -0.15) is 26.3 Å². The summed E-state index contributed by atoms with van der Waals surface area (Å²) in [5.41, 5.74) is 4.67. The molecule has 2 fully saturated rings. The van der Waals surface area contributed by atoms with Gasteiger partial charge in [0.15, 0.2) is 9.62 Å². The molecule has 0 amide bonds. The van der Waals surface area contributed by atoms with E-state index in [1.165, 1.54) is 6.92 Å². The number of oxime groups is 1. The number of aliphatic hydroxyl groups excluding tert-OH is 1. The minimum Gasteiger partial charge on any atom is -0.480 e. The van der Waals surface area contributed by atoms with Crippen LogP contribution in [0.15, 0.2) is 5.16 Å². The molecule has 0 aromatic heterocycles. The quantitative estimate of drug-likeness (QED) is 0.197. The molecule has 2 saturated heterocycles. The third-order valence-corrected chi connectivity index (χ3v) is 7.91. The lowest BCUT2D eigenvalue weighted by Crippen LogP contribution is -2.55. The van der Waals surface area contributed by atoms with E-state index in [2.05, 4.69) is 9.89 Å². The zero-order valence-corrected chi connectivity index (χ0v) is 17.7. The Morgan fingerprint density at radius 2 is 1.74 bits per heavy atom. The van der Waals surface area contributed by atoms with E-state index in [0.717, 1.165) is 7.11 Å². The highest BCUT2D eigenvalue weighted by molar-refractivity contribution is 8.02. The molecule has 8 nitrogen and oxygen atoms in total. The number of carbonyl (C=O) groups is 2. The second kappa shape index (κ2) is 9.62. The number of aliphatic carboxylic acids is 1. The average molecular weight is 502 g/mol. The van der Waals surface area contributed by atoms with Crippen LogP contribution >= 0.6 is 23.5 Å². The molecular formula is C15H20F6N2O6S2. The highest BCUT2D eigenvalue weighted by atomic mass is 32.2. The molecule has 0 aromatic rings. The molecular weight excluding hydrogens is 482 g/mol. The summed E-state index contributed by atoms with van der Waals surface area (Å²) in [5, 5.41) is 29.5. The number of carboxylic acids is 1. The van der Waals surface area contributed by atoms with E-state index in [9.17, 15) is 41.0 Å². The Labute approximate surface area is 180 Å². The molecule has 31 heavy (non-hydrogen) atoms. The molecule has 2 rings (SSSR count). The Morgan fingerprint density at radius 1 is 1.19 bits per heavy atom. The van der Waals surface area contributed by atoms with E-state index >= 15 is 0 Å². The van der Waals surface area contributed by atoms with Gasteiger partial charge < -0.3 is 25.9 Å². The van der Waals surface area contributed by atoms with Crippen molar-refractivity contribution >= 4 is 41.2 Å². The number of hydrogen-bond donors (Lipinski definition) is 4. The van der Waals surface area contributed by atoms with Gasteiger partial charge in [-0.1, -0.05) is 12.1 Å². The number of carboxylic acid groups (broad SMARTS) is 1. The molecule has 2 aliphatic heterocycles. The summed E-state index contributed by atoms with van der Waals surface area (Å²) in [6.07, 6.45) is -11.2. The van der Waals surface area contributed by atoms with Crippen molar-refractivity contribution in [3.8, 4) is 0 Å². The van der Waals surface area contributed by atoms with Gasteiger partial charge in [0, 0.05) is 11.5 Å². The molecule has 2 aliphatic rings. The monoisotopic (exact) mass is 502 g/mol. The number of rotatable bonds is 3. The van der Waals surface area contributed by atoms with Gasteiger partial charge in [0.25, 0.3) is 0 Å². The Hall–Kier alpha value is -1.39. The molecule has 5 atom stereocenters. The molecule has 16 heteroatoms. The van der Waals surface area contributed by atoms with Crippen molar-refractivity contribution in [2.75, 3.05) is 18.6 Å². The Bertz CT molecular complexity index is 721. The van der Waals surface area contributed by atoms with E-state index in [0.29, 0.717) is 23.5 Å². The molecule has 0 aromatic carbocycles. The summed E-state index contributed by atoms with van der Waals surface area (Å²) in [7, 11) is 1.01. The predicted octanol–water partition coefficient (Wildman–Crippen LogP) is 2.08. The molecule has 0 radical (unpaired) electrons. The van der Waals surface area contributed by atoms with E-state index < -0.39 is 69.1 Å². The fraction of sp³-hybridized carbons (Fsp3) is 0.800.